The van der Waals surface area contributed by atoms with Crippen LogP contribution < -0.4 is 15.5 Å². The second kappa shape index (κ2) is 5.75. The molecule has 0 radical (unpaired) electrons. The van der Waals surface area contributed by atoms with Crippen molar-refractivity contribution in [2.24, 2.45) is 11.0 Å². The molecular weight excluding hydrogens is 244 g/mol. The first-order valence-corrected chi connectivity index (χ1v) is 4.87. The number of carboxylic acid groups (broad SMARTS) is 1. The lowest BCUT2D eigenvalue weighted by Crippen LogP contribution is -2.30. The molecule has 4 N–H and O–H groups in total. The van der Waals surface area contributed by atoms with E-state index < -0.39 is 12.6 Å². The summed E-state index contributed by atoms with van der Waals surface area (Å²) in [5, 5.41) is 12.6. The molecule has 0 aliphatic carbocycles. The van der Waals surface area contributed by atoms with Crippen LogP contribution in [-0.2, 0) is 4.79 Å². The van der Waals surface area contributed by atoms with Crippen molar-refractivity contribution in [3.8, 4) is 5.75 Å². The number of aliphatic carboxylic acids is 1. The van der Waals surface area contributed by atoms with Crippen LogP contribution in [0.2, 0.25) is 0 Å². The van der Waals surface area contributed by atoms with Gasteiger partial charge < -0.3 is 15.6 Å². The number of ether oxygens (including phenoxy) is 1. The van der Waals surface area contributed by atoms with Crippen LogP contribution in [0.1, 0.15) is 0 Å². The topological polar surface area (TPSA) is 112 Å². The molecule has 1 rings (SSSR count). The highest BCUT2D eigenvalue weighted by molar-refractivity contribution is 7.80. The van der Waals surface area contributed by atoms with Crippen LogP contribution in [0.25, 0.3) is 0 Å². The highest BCUT2D eigenvalue weighted by Gasteiger charge is 2.08. The van der Waals surface area contributed by atoms with E-state index in [-0.39, 0.29) is 5.11 Å². The van der Waals surface area contributed by atoms with E-state index in [1.54, 1.807) is 12.1 Å². The van der Waals surface area contributed by atoms with Gasteiger partial charge in [-0.3, -0.25) is 0 Å². The highest BCUT2D eigenvalue weighted by atomic mass is 32.1. The smallest absolute Gasteiger partial charge is 0.341 e. The number of hydrogen-bond donors (Lipinski definition) is 3. The van der Waals surface area contributed by atoms with Crippen molar-refractivity contribution in [2.75, 3.05) is 11.6 Å². The van der Waals surface area contributed by atoms with Crippen LogP contribution in [0.15, 0.2) is 29.5 Å². The van der Waals surface area contributed by atoms with E-state index in [0.717, 1.165) is 5.01 Å². The molecule has 17 heavy (non-hydrogen) atoms. The van der Waals surface area contributed by atoms with E-state index in [4.69, 9.17) is 33.3 Å². The number of thiocarbonyl (C=S) groups is 1. The van der Waals surface area contributed by atoms with Gasteiger partial charge in [-0.2, -0.15) is 10.5 Å². The zero-order valence-electron chi connectivity index (χ0n) is 8.66. The second-order valence-corrected chi connectivity index (χ2v) is 3.34. The Labute approximate surface area is 102 Å². The first kappa shape index (κ1) is 12.8. The Morgan fingerprint density at radius 1 is 1.53 bits per heavy atom. The lowest BCUT2D eigenvalue weighted by molar-refractivity contribution is -0.139. The molecule has 0 spiro atoms. The quantitative estimate of drug-likeness (QED) is 0.412. The minimum absolute atomic E-state index is 0.0563. The highest BCUT2D eigenvalue weighted by Crippen LogP contribution is 2.19. The maximum atomic E-state index is 10.3. The standard InChI is InChI=1S/C9H10N4O3S/c10-9(17)13(12-11)6-1-3-7(4-2-6)16-5-8(14)15/h1-4,11H,5H2,(H2,10,17)(H,14,15). The fourth-order valence-electron chi connectivity index (χ4n) is 1.06. The van der Waals surface area contributed by atoms with Gasteiger partial charge in [0, 0.05) is 0 Å². The number of carbonyl (C=O) groups is 1. The van der Waals surface area contributed by atoms with Crippen LogP contribution in [0.4, 0.5) is 5.69 Å². The molecule has 0 heterocycles. The largest absolute Gasteiger partial charge is 0.482 e. The number of nitrogens with one attached hydrogen (secondary N) is 1. The number of rotatable bonds is 5. The molecule has 90 valence electrons. The number of carboxylic acids is 1. The van der Waals surface area contributed by atoms with Crippen LogP contribution in [-0.4, -0.2) is 22.8 Å². The van der Waals surface area contributed by atoms with Crippen molar-refractivity contribution in [3.63, 3.8) is 0 Å². The molecule has 1 aromatic carbocycles. The summed E-state index contributed by atoms with van der Waals surface area (Å²) in [4.78, 5) is 10.3. The van der Waals surface area contributed by atoms with E-state index in [1.807, 2.05) is 0 Å². The zero-order chi connectivity index (χ0) is 12.8. The fourth-order valence-corrected chi connectivity index (χ4v) is 1.21. The third kappa shape index (κ3) is 3.68. The number of benzene rings is 1. The molecule has 0 fully saturated rings. The summed E-state index contributed by atoms with van der Waals surface area (Å²) in [5.74, 6) is -0.663. The number of nitrogens with two attached hydrogens (primary N) is 1. The van der Waals surface area contributed by atoms with Gasteiger partial charge >= 0.3 is 5.97 Å². The van der Waals surface area contributed by atoms with Crippen molar-refractivity contribution >= 4 is 29.0 Å². The van der Waals surface area contributed by atoms with Crippen LogP contribution >= 0.6 is 12.2 Å². The lowest BCUT2D eigenvalue weighted by atomic mass is 10.3. The van der Waals surface area contributed by atoms with Gasteiger partial charge in [0.1, 0.15) is 5.75 Å². The van der Waals surface area contributed by atoms with Crippen molar-refractivity contribution in [3.05, 3.63) is 24.3 Å². The van der Waals surface area contributed by atoms with Crippen LogP contribution in [0.3, 0.4) is 0 Å². The van der Waals surface area contributed by atoms with Crippen molar-refractivity contribution in [1.82, 2.24) is 0 Å². The maximum Gasteiger partial charge on any atom is 0.341 e. The molecule has 0 aliphatic heterocycles. The molecule has 0 saturated heterocycles. The predicted molar refractivity (Wildman–Crippen MR) is 64.0 cm³/mol. The minimum Gasteiger partial charge on any atom is -0.482 e. The van der Waals surface area contributed by atoms with Gasteiger partial charge in [-0.05, 0) is 36.5 Å². The molecule has 0 amide bonds. The summed E-state index contributed by atoms with van der Waals surface area (Å²) < 4.78 is 4.94. The van der Waals surface area contributed by atoms with E-state index in [0.29, 0.717) is 11.4 Å². The summed E-state index contributed by atoms with van der Waals surface area (Å²) in [5.41, 5.74) is 12.7. The summed E-state index contributed by atoms with van der Waals surface area (Å²) in [6.07, 6.45) is 0. The van der Waals surface area contributed by atoms with Crippen LogP contribution in [0.5, 0.6) is 5.75 Å². The fraction of sp³-hybridized carbons (Fsp3) is 0.111. The summed E-state index contributed by atoms with van der Waals surface area (Å²) in [6, 6.07) is 6.20. The van der Waals surface area contributed by atoms with Gasteiger partial charge in [-0.15, -0.1) is 0 Å². The summed E-state index contributed by atoms with van der Waals surface area (Å²) in [6.45, 7) is -0.415. The second-order valence-electron chi connectivity index (χ2n) is 2.93. The number of anilines is 1. The van der Waals surface area contributed by atoms with Gasteiger partial charge in [0.25, 0.3) is 0 Å². The third-order valence-corrected chi connectivity index (χ3v) is 1.93. The zero-order valence-corrected chi connectivity index (χ0v) is 9.48. The summed E-state index contributed by atoms with van der Waals surface area (Å²) >= 11 is 4.70. The Morgan fingerprint density at radius 2 is 2.12 bits per heavy atom. The third-order valence-electron chi connectivity index (χ3n) is 1.75. The molecule has 0 bridgehead atoms. The number of hydrogen-bond acceptors (Lipinski definition) is 5. The molecule has 0 atom stereocenters. The van der Waals surface area contributed by atoms with Crippen LogP contribution in [0, 0.1) is 5.53 Å². The van der Waals surface area contributed by atoms with Crippen molar-refractivity contribution in [1.29, 1.82) is 5.53 Å². The van der Waals surface area contributed by atoms with Gasteiger partial charge in [0.05, 0.1) is 5.69 Å². The number of nitrogens with zero attached hydrogens (tertiary/aromatic N) is 2. The monoisotopic (exact) mass is 254 g/mol. The molecule has 0 aliphatic rings. The maximum absolute atomic E-state index is 10.3. The Morgan fingerprint density at radius 3 is 2.53 bits per heavy atom. The molecule has 0 saturated carbocycles. The first-order chi connectivity index (χ1) is 8.04. The SMILES string of the molecule is N=NN(C(N)=S)c1ccc(OCC(=O)O)cc1. The van der Waals surface area contributed by atoms with Gasteiger partial charge in [0.15, 0.2) is 11.7 Å². The average molecular weight is 254 g/mol. The van der Waals surface area contributed by atoms with Gasteiger partial charge in [0.2, 0.25) is 0 Å². The normalized spacial score (nSPS) is 9.41. The molecule has 1 aromatic rings. The van der Waals surface area contributed by atoms with Gasteiger partial charge in [-0.25, -0.2) is 4.79 Å². The van der Waals surface area contributed by atoms with E-state index >= 15 is 0 Å². The lowest BCUT2D eigenvalue weighted by Gasteiger charge is -2.14. The molecule has 8 heteroatoms. The van der Waals surface area contributed by atoms with E-state index in [2.05, 4.69) is 5.22 Å². The van der Waals surface area contributed by atoms with E-state index in [9.17, 15) is 4.79 Å². The molecule has 0 aromatic heterocycles. The minimum atomic E-state index is -1.06. The van der Waals surface area contributed by atoms with Gasteiger partial charge in [-0.1, -0.05) is 5.22 Å². The first-order valence-electron chi connectivity index (χ1n) is 4.46. The summed E-state index contributed by atoms with van der Waals surface area (Å²) in [7, 11) is 0. The Hall–Kier alpha value is -2.22. The Bertz CT molecular complexity index is 434. The Balaban J connectivity index is 2.76. The Kier molecular flexibility index (Phi) is 4.35. The van der Waals surface area contributed by atoms with E-state index in [1.165, 1.54) is 12.1 Å². The molecular formula is C9H10N4O3S. The predicted octanol–water partition coefficient (Wildman–Crippen LogP) is 1.15. The van der Waals surface area contributed by atoms with Crippen molar-refractivity contribution in [2.45, 2.75) is 0 Å². The molecule has 7 nitrogen and oxygen atoms in total. The van der Waals surface area contributed by atoms with Crippen molar-refractivity contribution < 1.29 is 14.6 Å². The molecule has 0 unspecified atom stereocenters. The average Bonchev–Trinajstić information content (AvgIpc) is 2.28.